The largest absolute Gasteiger partial charge is 0.460 e. The van der Waals surface area contributed by atoms with E-state index in [-0.39, 0.29) is 13.2 Å². The predicted molar refractivity (Wildman–Crippen MR) is 69.2 cm³/mol. The Morgan fingerprint density at radius 1 is 1.00 bits per heavy atom. The zero-order chi connectivity index (χ0) is 12.8. The average Bonchev–Trinajstić information content (AvgIpc) is 2.46. The minimum Gasteiger partial charge on any atom is -0.460 e. The summed E-state index contributed by atoms with van der Waals surface area (Å²) in [6.07, 6.45) is 0. The van der Waals surface area contributed by atoms with Crippen LogP contribution in [-0.4, -0.2) is 24.3 Å². The third-order valence-corrected chi connectivity index (χ3v) is 2.53. The molecule has 0 aliphatic carbocycles. The summed E-state index contributed by atoms with van der Waals surface area (Å²) in [6.45, 7) is -0.140. The number of hydrogen-bond acceptors (Lipinski definition) is 3. The van der Waals surface area contributed by atoms with Gasteiger partial charge in [0.1, 0.15) is 6.61 Å². The molecule has 0 spiro atoms. The van der Waals surface area contributed by atoms with Crippen molar-refractivity contribution < 1.29 is 14.6 Å². The number of carbonyl (C=O) groups excluding carboxylic acids is 1. The van der Waals surface area contributed by atoms with E-state index in [1.807, 2.05) is 42.5 Å². The molecule has 3 nitrogen and oxygen atoms in total. The summed E-state index contributed by atoms with van der Waals surface area (Å²) in [6, 6.07) is 17.1. The minimum atomic E-state index is -0.415. The second kappa shape index (κ2) is 5.98. The van der Waals surface area contributed by atoms with Crippen LogP contribution in [0.25, 0.3) is 11.1 Å². The van der Waals surface area contributed by atoms with E-state index in [1.165, 1.54) is 0 Å². The molecule has 0 unspecified atom stereocenters. The summed E-state index contributed by atoms with van der Waals surface area (Å²) in [5.41, 5.74) is 2.51. The van der Waals surface area contributed by atoms with Crippen LogP contribution in [0.5, 0.6) is 0 Å². The van der Waals surface area contributed by atoms with E-state index in [1.54, 1.807) is 12.1 Å². The normalized spacial score (nSPS) is 10.1. The van der Waals surface area contributed by atoms with Crippen molar-refractivity contribution >= 4 is 5.97 Å². The third kappa shape index (κ3) is 2.96. The highest BCUT2D eigenvalue weighted by Gasteiger charge is 2.07. The maximum Gasteiger partial charge on any atom is 0.338 e. The van der Waals surface area contributed by atoms with E-state index in [9.17, 15) is 4.79 Å². The fraction of sp³-hybridized carbons (Fsp3) is 0.133. The molecule has 18 heavy (non-hydrogen) atoms. The number of ether oxygens (including phenoxy) is 1. The van der Waals surface area contributed by atoms with Gasteiger partial charge in [-0.3, -0.25) is 0 Å². The molecule has 0 aromatic heterocycles. The van der Waals surface area contributed by atoms with Crippen LogP contribution in [0.2, 0.25) is 0 Å². The fourth-order valence-corrected chi connectivity index (χ4v) is 1.68. The molecule has 0 saturated heterocycles. The Labute approximate surface area is 106 Å². The minimum absolute atomic E-state index is 0.0222. The molecule has 0 aliphatic rings. The molecule has 0 fully saturated rings. The van der Waals surface area contributed by atoms with Crippen molar-refractivity contribution in [2.45, 2.75) is 0 Å². The Bertz CT molecular complexity index is 520. The van der Waals surface area contributed by atoms with Crippen molar-refractivity contribution in [3.63, 3.8) is 0 Å². The molecule has 0 radical (unpaired) electrons. The average molecular weight is 242 g/mol. The number of esters is 1. The second-order valence-electron chi connectivity index (χ2n) is 3.81. The number of carbonyl (C=O) groups is 1. The lowest BCUT2D eigenvalue weighted by Gasteiger charge is -2.05. The number of benzene rings is 2. The van der Waals surface area contributed by atoms with Crippen LogP contribution in [0.1, 0.15) is 10.4 Å². The van der Waals surface area contributed by atoms with Gasteiger partial charge in [0.05, 0.1) is 12.2 Å². The lowest BCUT2D eigenvalue weighted by Crippen LogP contribution is -2.08. The predicted octanol–water partition coefficient (Wildman–Crippen LogP) is 2.50. The first kappa shape index (κ1) is 12.3. The van der Waals surface area contributed by atoms with Crippen LogP contribution in [-0.2, 0) is 4.74 Å². The zero-order valence-corrected chi connectivity index (χ0v) is 9.87. The van der Waals surface area contributed by atoms with Crippen molar-refractivity contribution in [2.24, 2.45) is 0 Å². The summed E-state index contributed by atoms with van der Waals surface area (Å²) in [5.74, 6) is -0.415. The van der Waals surface area contributed by atoms with Gasteiger partial charge in [-0.15, -0.1) is 0 Å². The topological polar surface area (TPSA) is 46.5 Å². The van der Waals surface area contributed by atoms with E-state index in [4.69, 9.17) is 9.84 Å². The maximum atomic E-state index is 11.7. The summed E-state index contributed by atoms with van der Waals surface area (Å²) in [5, 5.41) is 8.62. The highest BCUT2D eigenvalue weighted by Crippen LogP contribution is 2.20. The standard InChI is InChI=1S/C15H14O3/c16-9-10-18-15(17)14-8-4-7-13(11-14)12-5-2-1-3-6-12/h1-8,11,16H,9-10H2. The van der Waals surface area contributed by atoms with Gasteiger partial charge in [0.25, 0.3) is 0 Å². The number of rotatable bonds is 4. The van der Waals surface area contributed by atoms with Crippen LogP contribution in [0.4, 0.5) is 0 Å². The Morgan fingerprint density at radius 2 is 1.72 bits per heavy atom. The lowest BCUT2D eigenvalue weighted by atomic mass is 10.0. The number of aliphatic hydroxyl groups excluding tert-OH is 1. The SMILES string of the molecule is O=C(OCCO)c1cccc(-c2ccccc2)c1. The molecule has 0 amide bonds. The quantitative estimate of drug-likeness (QED) is 0.838. The first-order chi connectivity index (χ1) is 8.81. The first-order valence-corrected chi connectivity index (χ1v) is 5.75. The molecule has 3 heteroatoms. The molecular formula is C15H14O3. The van der Waals surface area contributed by atoms with Gasteiger partial charge in [0, 0.05) is 0 Å². The summed E-state index contributed by atoms with van der Waals surface area (Å²) >= 11 is 0. The molecule has 2 rings (SSSR count). The zero-order valence-electron chi connectivity index (χ0n) is 9.87. The van der Waals surface area contributed by atoms with E-state index in [0.717, 1.165) is 11.1 Å². The van der Waals surface area contributed by atoms with Crippen molar-refractivity contribution in [1.82, 2.24) is 0 Å². The summed E-state index contributed by atoms with van der Waals surface area (Å²) in [4.78, 5) is 11.7. The molecule has 0 bridgehead atoms. The summed E-state index contributed by atoms with van der Waals surface area (Å²) in [7, 11) is 0. The molecule has 1 N–H and O–H groups in total. The Morgan fingerprint density at radius 3 is 2.44 bits per heavy atom. The molecule has 0 atom stereocenters. The molecule has 2 aromatic carbocycles. The Balaban J connectivity index is 2.23. The molecule has 0 heterocycles. The van der Waals surface area contributed by atoms with Gasteiger partial charge < -0.3 is 9.84 Å². The smallest absolute Gasteiger partial charge is 0.338 e. The van der Waals surface area contributed by atoms with Gasteiger partial charge in [0.15, 0.2) is 0 Å². The monoisotopic (exact) mass is 242 g/mol. The van der Waals surface area contributed by atoms with Gasteiger partial charge in [-0.25, -0.2) is 4.79 Å². The van der Waals surface area contributed by atoms with E-state index in [0.29, 0.717) is 5.56 Å². The molecule has 0 saturated carbocycles. The Hall–Kier alpha value is -2.13. The first-order valence-electron chi connectivity index (χ1n) is 5.75. The molecule has 2 aromatic rings. The molecular weight excluding hydrogens is 228 g/mol. The van der Waals surface area contributed by atoms with Crippen molar-refractivity contribution in [3.05, 3.63) is 60.2 Å². The van der Waals surface area contributed by atoms with E-state index >= 15 is 0 Å². The molecule has 92 valence electrons. The van der Waals surface area contributed by atoms with Gasteiger partial charge in [0.2, 0.25) is 0 Å². The highest BCUT2D eigenvalue weighted by atomic mass is 16.5. The van der Waals surface area contributed by atoms with Crippen molar-refractivity contribution in [1.29, 1.82) is 0 Å². The summed E-state index contributed by atoms with van der Waals surface area (Å²) < 4.78 is 4.88. The van der Waals surface area contributed by atoms with Crippen LogP contribution in [0.3, 0.4) is 0 Å². The maximum absolute atomic E-state index is 11.7. The highest BCUT2D eigenvalue weighted by molar-refractivity contribution is 5.91. The van der Waals surface area contributed by atoms with Gasteiger partial charge in [-0.05, 0) is 23.3 Å². The van der Waals surface area contributed by atoms with Crippen LogP contribution in [0.15, 0.2) is 54.6 Å². The Kier molecular flexibility index (Phi) is 4.10. The fourth-order valence-electron chi connectivity index (χ4n) is 1.68. The van der Waals surface area contributed by atoms with Crippen molar-refractivity contribution in [2.75, 3.05) is 13.2 Å². The number of hydrogen-bond donors (Lipinski definition) is 1. The van der Waals surface area contributed by atoms with Crippen LogP contribution >= 0.6 is 0 Å². The van der Waals surface area contributed by atoms with Gasteiger partial charge in [-0.2, -0.15) is 0 Å². The third-order valence-electron chi connectivity index (χ3n) is 2.53. The van der Waals surface area contributed by atoms with E-state index in [2.05, 4.69) is 0 Å². The second-order valence-corrected chi connectivity index (χ2v) is 3.81. The van der Waals surface area contributed by atoms with Crippen molar-refractivity contribution in [3.8, 4) is 11.1 Å². The van der Waals surface area contributed by atoms with Crippen LogP contribution < -0.4 is 0 Å². The van der Waals surface area contributed by atoms with E-state index < -0.39 is 5.97 Å². The van der Waals surface area contributed by atoms with Gasteiger partial charge in [-0.1, -0.05) is 42.5 Å². The molecule has 0 aliphatic heterocycles. The lowest BCUT2D eigenvalue weighted by molar-refractivity contribution is 0.0434. The number of aliphatic hydroxyl groups is 1. The van der Waals surface area contributed by atoms with Gasteiger partial charge >= 0.3 is 5.97 Å². The van der Waals surface area contributed by atoms with Crippen LogP contribution in [0, 0.1) is 0 Å².